The molecular weight excluding hydrogens is 567 g/mol. The molecule has 2 heterocycles. The summed E-state index contributed by atoms with van der Waals surface area (Å²) < 4.78 is 2.96. The third-order valence-corrected chi connectivity index (χ3v) is 14.8. The van der Waals surface area contributed by atoms with E-state index < -0.39 is 8.80 Å². The maximum Gasteiger partial charge on any atom is 0.0714 e. The molecule has 1 aliphatic heterocycles. The van der Waals surface area contributed by atoms with Crippen molar-refractivity contribution < 1.29 is 0 Å². The highest BCUT2D eigenvalue weighted by Gasteiger charge is 2.40. The zero-order valence-corrected chi connectivity index (χ0v) is 26.8. The molecule has 0 saturated carbocycles. The van der Waals surface area contributed by atoms with Crippen molar-refractivity contribution in [1.29, 1.82) is 0 Å². The van der Waals surface area contributed by atoms with Gasteiger partial charge in [-0.15, -0.1) is 11.3 Å². The molecule has 44 heavy (non-hydrogen) atoms. The predicted octanol–water partition coefficient (Wildman–Crippen LogP) is 9.30. The first-order valence-corrected chi connectivity index (χ1v) is 19.0. The monoisotopic (exact) mass is 599 g/mol. The zero-order valence-electron chi connectivity index (χ0n) is 24.8. The van der Waals surface area contributed by atoms with E-state index in [-0.39, 0.29) is 0 Å². The van der Waals surface area contributed by atoms with Gasteiger partial charge in [0.1, 0.15) is 0 Å². The molecule has 0 N–H and O–H groups in total. The minimum atomic E-state index is -1.13. The van der Waals surface area contributed by atoms with Crippen LogP contribution in [0.3, 0.4) is 0 Å². The lowest BCUT2D eigenvalue weighted by molar-refractivity contribution is 0.773. The van der Waals surface area contributed by atoms with Crippen LogP contribution >= 0.6 is 11.3 Å². The molecular formula is C41H33NSSi. The van der Waals surface area contributed by atoms with E-state index in [1.54, 1.807) is 20.9 Å². The predicted molar refractivity (Wildman–Crippen MR) is 193 cm³/mol. The van der Waals surface area contributed by atoms with Gasteiger partial charge in [-0.05, 0) is 92.4 Å². The molecule has 9 rings (SSSR count). The van der Waals surface area contributed by atoms with Gasteiger partial charge < -0.3 is 4.90 Å². The molecule has 0 fully saturated rings. The number of allylic oxidation sites excluding steroid dienone is 2. The number of hydrogen-bond acceptors (Lipinski definition) is 2. The standard InChI is InChI=1S/C41H33NSSi/c1-44-38-25-24-35-34-15-7-8-17-37(34)43-41(35)40(38)36-23-22-31(26-39(36)44)42(29-12-3-2-4-13-29)30-20-18-28(19-21-30)33-16-9-11-27-10-5-6-14-32(27)33/h2-24,31,38,44H,25-26H2,1H3. The van der Waals surface area contributed by atoms with Crippen LogP contribution in [0.15, 0.2) is 144 Å². The van der Waals surface area contributed by atoms with Crippen LogP contribution in [0.5, 0.6) is 0 Å². The first-order chi connectivity index (χ1) is 21.7. The van der Waals surface area contributed by atoms with Gasteiger partial charge in [-0.3, -0.25) is 0 Å². The van der Waals surface area contributed by atoms with Gasteiger partial charge in [-0.1, -0.05) is 121 Å². The molecule has 3 atom stereocenters. The summed E-state index contributed by atoms with van der Waals surface area (Å²) in [5, 5.41) is 7.27. The Morgan fingerprint density at radius 1 is 0.727 bits per heavy atom. The van der Waals surface area contributed by atoms with Crippen LogP contribution in [0.4, 0.5) is 11.4 Å². The smallest absolute Gasteiger partial charge is 0.0714 e. The van der Waals surface area contributed by atoms with E-state index in [0.29, 0.717) is 11.6 Å². The van der Waals surface area contributed by atoms with Crippen molar-refractivity contribution >= 4 is 64.0 Å². The van der Waals surface area contributed by atoms with Gasteiger partial charge in [-0.25, -0.2) is 0 Å². The van der Waals surface area contributed by atoms with Crippen LogP contribution in [-0.2, 0) is 0 Å². The molecule has 212 valence electrons. The summed E-state index contributed by atoms with van der Waals surface area (Å²) in [7, 11) is -1.13. The Kier molecular flexibility index (Phi) is 6.10. The second kappa shape index (κ2) is 10.3. The number of rotatable bonds is 4. The fraction of sp³-hybridized carbons (Fsp3) is 0.122. The van der Waals surface area contributed by atoms with E-state index >= 15 is 0 Å². The van der Waals surface area contributed by atoms with E-state index in [0.717, 1.165) is 6.42 Å². The van der Waals surface area contributed by atoms with Crippen molar-refractivity contribution in [1.82, 2.24) is 0 Å². The van der Waals surface area contributed by atoms with Crippen LogP contribution in [0, 0.1) is 0 Å². The van der Waals surface area contributed by atoms with Crippen LogP contribution in [0.25, 0.3) is 43.6 Å². The maximum absolute atomic E-state index is 2.61. The molecule has 3 heteroatoms. The molecule has 3 unspecified atom stereocenters. The average Bonchev–Trinajstić information content (AvgIpc) is 3.60. The highest BCUT2D eigenvalue weighted by Crippen LogP contribution is 2.49. The van der Waals surface area contributed by atoms with Gasteiger partial charge in [0, 0.05) is 20.6 Å². The van der Waals surface area contributed by atoms with Gasteiger partial charge in [0.25, 0.3) is 0 Å². The first-order valence-electron chi connectivity index (χ1n) is 15.8. The first kappa shape index (κ1) is 26.0. The van der Waals surface area contributed by atoms with E-state index in [1.807, 2.05) is 11.3 Å². The van der Waals surface area contributed by atoms with Gasteiger partial charge in [0.2, 0.25) is 0 Å². The van der Waals surface area contributed by atoms with Crippen LogP contribution in [0.1, 0.15) is 12.8 Å². The summed E-state index contributed by atoms with van der Waals surface area (Å²) in [6, 6.07) is 44.8. The Balaban J connectivity index is 1.11. The summed E-state index contributed by atoms with van der Waals surface area (Å²) in [5.41, 5.74) is 9.00. The molecule has 6 aromatic rings. The summed E-state index contributed by atoms with van der Waals surface area (Å²) >= 11 is 2.01. The van der Waals surface area contributed by atoms with E-state index in [9.17, 15) is 0 Å². The fourth-order valence-corrected chi connectivity index (χ4v) is 12.7. The number of fused-ring (bicyclic) bond motifs is 6. The fourth-order valence-electron chi connectivity index (χ4n) is 8.01. The van der Waals surface area contributed by atoms with E-state index in [1.165, 1.54) is 55.0 Å². The molecule has 5 aromatic carbocycles. The highest BCUT2D eigenvalue weighted by molar-refractivity contribution is 7.17. The minimum Gasteiger partial charge on any atom is -0.334 e. The number of nitrogens with zero attached hydrogens (tertiary/aromatic N) is 1. The third-order valence-electron chi connectivity index (χ3n) is 10.1. The molecule has 0 bridgehead atoms. The second-order valence-corrected chi connectivity index (χ2v) is 16.6. The Bertz CT molecular complexity index is 2250. The quantitative estimate of drug-likeness (QED) is 0.183. The lowest BCUT2D eigenvalue weighted by Crippen LogP contribution is -2.33. The largest absolute Gasteiger partial charge is 0.334 e. The Morgan fingerprint density at radius 3 is 2.32 bits per heavy atom. The molecule has 2 aliphatic carbocycles. The number of benzene rings is 5. The van der Waals surface area contributed by atoms with Crippen molar-refractivity contribution in [2.75, 3.05) is 4.90 Å². The van der Waals surface area contributed by atoms with Crippen molar-refractivity contribution in [3.8, 4) is 11.1 Å². The van der Waals surface area contributed by atoms with Crippen molar-refractivity contribution in [3.05, 3.63) is 154 Å². The number of thiophene rings is 1. The maximum atomic E-state index is 2.61. The third kappa shape index (κ3) is 4.03. The minimum absolute atomic E-state index is 0.293. The molecule has 0 spiro atoms. The number of para-hydroxylation sites is 1. The van der Waals surface area contributed by atoms with Crippen molar-refractivity contribution in [3.63, 3.8) is 0 Å². The number of hydrogen-bond donors (Lipinski definition) is 0. The molecule has 1 nitrogen and oxygen atoms in total. The lowest BCUT2D eigenvalue weighted by Gasteiger charge is -2.35. The van der Waals surface area contributed by atoms with Gasteiger partial charge >= 0.3 is 0 Å². The summed E-state index contributed by atoms with van der Waals surface area (Å²) in [5.74, 6) is 0. The number of anilines is 2. The zero-order chi connectivity index (χ0) is 29.2. The summed E-state index contributed by atoms with van der Waals surface area (Å²) in [4.78, 5) is 2.57. The SMILES string of the molecule is C[SiH]1C2=C(C=CC(N(c3ccccc3)c3ccc(-c4cccc5ccccc45)cc3)C2)C2=c3sc4ccccc4c3=CCC21. The van der Waals surface area contributed by atoms with Crippen molar-refractivity contribution in [2.24, 2.45) is 0 Å². The molecule has 3 aliphatic rings. The van der Waals surface area contributed by atoms with Gasteiger partial charge in [0.05, 0.1) is 14.8 Å². The van der Waals surface area contributed by atoms with Gasteiger partial charge in [0.15, 0.2) is 0 Å². The Morgan fingerprint density at radius 2 is 1.45 bits per heavy atom. The van der Waals surface area contributed by atoms with Gasteiger partial charge in [-0.2, -0.15) is 0 Å². The molecule has 1 aromatic heterocycles. The average molecular weight is 600 g/mol. The summed E-state index contributed by atoms with van der Waals surface area (Å²) in [6.45, 7) is 2.61. The second-order valence-electron chi connectivity index (χ2n) is 12.4. The Labute approximate surface area is 264 Å². The molecule has 0 radical (unpaired) electrons. The summed E-state index contributed by atoms with van der Waals surface area (Å²) in [6.07, 6.45) is 9.85. The van der Waals surface area contributed by atoms with E-state index in [2.05, 4.69) is 151 Å². The highest BCUT2D eigenvalue weighted by atomic mass is 32.1. The van der Waals surface area contributed by atoms with E-state index in [4.69, 9.17) is 0 Å². The normalized spacial score (nSPS) is 20.4. The molecule has 0 amide bonds. The van der Waals surface area contributed by atoms with Crippen LogP contribution in [0.2, 0.25) is 12.1 Å². The lowest BCUT2D eigenvalue weighted by atomic mass is 9.91. The molecule has 0 saturated heterocycles. The topological polar surface area (TPSA) is 3.24 Å². The van der Waals surface area contributed by atoms with Crippen LogP contribution in [-0.4, -0.2) is 14.8 Å². The van der Waals surface area contributed by atoms with Crippen LogP contribution < -0.4 is 14.7 Å². The van der Waals surface area contributed by atoms with Crippen molar-refractivity contribution in [2.45, 2.75) is 31.0 Å². The Hall–Kier alpha value is -4.44.